The molecule has 1 aromatic heterocycles. The molecular weight excluding hydrogens is 302 g/mol. The van der Waals surface area contributed by atoms with E-state index in [0.29, 0.717) is 9.23 Å². The van der Waals surface area contributed by atoms with E-state index in [1.807, 2.05) is 13.0 Å². The Morgan fingerprint density at radius 1 is 1.16 bits per heavy atom. The van der Waals surface area contributed by atoms with Crippen LogP contribution in [0.4, 0.5) is 0 Å². The molecule has 0 aliphatic carbocycles. The molecule has 0 saturated heterocycles. The van der Waals surface area contributed by atoms with E-state index in [1.54, 1.807) is 30.3 Å². The van der Waals surface area contributed by atoms with Gasteiger partial charge in [-0.3, -0.25) is 0 Å². The number of hydrogen-bond acceptors (Lipinski definition) is 3. The van der Waals surface area contributed by atoms with Crippen molar-refractivity contribution in [2.75, 3.05) is 0 Å². The van der Waals surface area contributed by atoms with Crippen LogP contribution in [0.25, 0.3) is 0 Å². The third kappa shape index (κ3) is 3.79. The van der Waals surface area contributed by atoms with E-state index < -0.39 is 10.0 Å². The molecule has 2 aromatic rings. The normalized spacial score (nSPS) is 11.7. The molecule has 6 heteroatoms. The van der Waals surface area contributed by atoms with Crippen molar-refractivity contribution >= 4 is 33.0 Å². The number of sulfonamides is 1. The summed E-state index contributed by atoms with van der Waals surface area (Å²) in [6, 6.07) is 10.6. The SMILES string of the molecule is CCc1ccc(S(=O)(=O)NCc2ccc(Cl)cc2)s1. The molecule has 0 unspecified atom stereocenters. The fourth-order valence-corrected chi connectivity index (χ4v) is 4.03. The molecule has 19 heavy (non-hydrogen) atoms. The van der Waals surface area contributed by atoms with Gasteiger partial charge in [-0.25, -0.2) is 13.1 Å². The fraction of sp³-hybridized carbons (Fsp3) is 0.231. The van der Waals surface area contributed by atoms with E-state index in [1.165, 1.54) is 11.3 Å². The van der Waals surface area contributed by atoms with Crippen molar-refractivity contribution in [3.63, 3.8) is 0 Å². The van der Waals surface area contributed by atoms with Crippen LogP contribution in [0.2, 0.25) is 5.02 Å². The van der Waals surface area contributed by atoms with Crippen LogP contribution in [0.3, 0.4) is 0 Å². The van der Waals surface area contributed by atoms with Crippen molar-refractivity contribution in [1.82, 2.24) is 4.72 Å². The van der Waals surface area contributed by atoms with Gasteiger partial charge in [0.05, 0.1) is 0 Å². The molecule has 0 aliphatic heterocycles. The average molecular weight is 316 g/mol. The van der Waals surface area contributed by atoms with Gasteiger partial charge in [0, 0.05) is 16.4 Å². The standard InChI is InChI=1S/C13H14ClNO2S2/c1-2-12-7-8-13(18-12)19(16,17)15-9-10-3-5-11(14)6-4-10/h3-8,15H,2,9H2,1H3. The van der Waals surface area contributed by atoms with Gasteiger partial charge >= 0.3 is 0 Å². The first-order valence-corrected chi connectivity index (χ1v) is 8.52. The Labute approximate surface area is 122 Å². The Balaban J connectivity index is 2.07. The van der Waals surface area contributed by atoms with Crippen LogP contribution in [-0.2, 0) is 23.0 Å². The lowest BCUT2D eigenvalue weighted by molar-refractivity contribution is 0.583. The summed E-state index contributed by atoms with van der Waals surface area (Å²) in [5, 5.41) is 0.637. The molecule has 2 rings (SSSR count). The van der Waals surface area contributed by atoms with Gasteiger partial charge < -0.3 is 0 Å². The van der Waals surface area contributed by atoms with Crippen molar-refractivity contribution < 1.29 is 8.42 Å². The number of rotatable bonds is 5. The van der Waals surface area contributed by atoms with Gasteiger partial charge in [0.25, 0.3) is 0 Å². The summed E-state index contributed by atoms with van der Waals surface area (Å²) in [5.74, 6) is 0. The second kappa shape index (κ2) is 6.05. The lowest BCUT2D eigenvalue weighted by Gasteiger charge is -2.05. The molecule has 1 heterocycles. The average Bonchev–Trinajstić information content (AvgIpc) is 2.88. The molecule has 1 N–H and O–H groups in total. The number of aryl methyl sites for hydroxylation is 1. The molecule has 0 bridgehead atoms. The van der Waals surface area contributed by atoms with Gasteiger partial charge in [-0.2, -0.15) is 0 Å². The summed E-state index contributed by atoms with van der Waals surface area (Å²) >= 11 is 7.09. The summed E-state index contributed by atoms with van der Waals surface area (Å²) in [6.45, 7) is 2.27. The summed E-state index contributed by atoms with van der Waals surface area (Å²) in [4.78, 5) is 1.06. The van der Waals surface area contributed by atoms with E-state index in [9.17, 15) is 8.42 Å². The molecule has 102 valence electrons. The number of hydrogen-bond donors (Lipinski definition) is 1. The Bertz CT molecular complexity index is 648. The van der Waals surface area contributed by atoms with E-state index >= 15 is 0 Å². The minimum absolute atomic E-state index is 0.263. The molecule has 0 saturated carbocycles. The molecule has 0 fully saturated rings. The van der Waals surface area contributed by atoms with Gasteiger partial charge in [-0.1, -0.05) is 30.7 Å². The third-order valence-corrected chi connectivity index (χ3v) is 6.00. The van der Waals surface area contributed by atoms with E-state index in [0.717, 1.165) is 16.9 Å². The van der Waals surface area contributed by atoms with Crippen LogP contribution >= 0.6 is 22.9 Å². The van der Waals surface area contributed by atoms with Crippen LogP contribution in [0.1, 0.15) is 17.4 Å². The molecule has 0 atom stereocenters. The largest absolute Gasteiger partial charge is 0.250 e. The van der Waals surface area contributed by atoms with Crippen molar-refractivity contribution in [1.29, 1.82) is 0 Å². The number of nitrogens with one attached hydrogen (secondary N) is 1. The number of benzene rings is 1. The summed E-state index contributed by atoms with van der Waals surface area (Å²) < 4.78 is 27.1. The Morgan fingerprint density at radius 3 is 2.42 bits per heavy atom. The maximum atomic E-state index is 12.1. The van der Waals surface area contributed by atoms with E-state index in [2.05, 4.69) is 4.72 Å². The molecule has 1 aromatic carbocycles. The first kappa shape index (κ1) is 14.5. The highest BCUT2D eigenvalue weighted by molar-refractivity contribution is 7.91. The Hall–Kier alpha value is -0.880. The monoisotopic (exact) mass is 315 g/mol. The lowest BCUT2D eigenvalue weighted by atomic mass is 10.2. The highest BCUT2D eigenvalue weighted by atomic mass is 35.5. The molecule has 0 amide bonds. The van der Waals surface area contributed by atoms with Crippen LogP contribution in [0, 0.1) is 0 Å². The summed E-state index contributed by atoms with van der Waals surface area (Å²) in [6.07, 6.45) is 0.845. The van der Waals surface area contributed by atoms with Crippen molar-refractivity contribution in [2.45, 2.75) is 24.1 Å². The van der Waals surface area contributed by atoms with Crippen LogP contribution in [0.5, 0.6) is 0 Å². The van der Waals surface area contributed by atoms with Crippen molar-refractivity contribution in [3.8, 4) is 0 Å². The zero-order valence-electron chi connectivity index (χ0n) is 10.4. The zero-order chi connectivity index (χ0) is 13.9. The van der Waals surface area contributed by atoms with Crippen LogP contribution in [-0.4, -0.2) is 8.42 Å². The summed E-state index contributed by atoms with van der Waals surface area (Å²) in [5.41, 5.74) is 0.875. The highest BCUT2D eigenvalue weighted by Crippen LogP contribution is 2.22. The quantitative estimate of drug-likeness (QED) is 0.918. The zero-order valence-corrected chi connectivity index (χ0v) is 12.8. The Morgan fingerprint density at radius 2 is 1.84 bits per heavy atom. The van der Waals surface area contributed by atoms with Gasteiger partial charge in [-0.05, 0) is 36.2 Å². The second-order valence-electron chi connectivity index (χ2n) is 4.03. The first-order chi connectivity index (χ1) is 9.01. The van der Waals surface area contributed by atoms with Crippen LogP contribution < -0.4 is 4.72 Å². The van der Waals surface area contributed by atoms with Crippen molar-refractivity contribution in [3.05, 3.63) is 51.9 Å². The number of halogens is 1. The smallest absolute Gasteiger partial charge is 0.206 e. The lowest BCUT2D eigenvalue weighted by Crippen LogP contribution is -2.22. The van der Waals surface area contributed by atoms with Crippen LogP contribution in [0.15, 0.2) is 40.6 Å². The maximum Gasteiger partial charge on any atom is 0.250 e. The first-order valence-electron chi connectivity index (χ1n) is 5.84. The predicted octanol–water partition coefficient (Wildman–Crippen LogP) is 3.44. The minimum atomic E-state index is -3.42. The minimum Gasteiger partial charge on any atom is -0.206 e. The number of thiophene rings is 1. The maximum absolute atomic E-state index is 12.1. The topological polar surface area (TPSA) is 46.2 Å². The predicted molar refractivity (Wildman–Crippen MR) is 79.2 cm³/mol. The van der Waals surface area contributed by atoms with E-state index in [-0.39, 0.29) is 6.54 Å². The van der Waals surface area contributed by atoms with Gasteiger partial charge in [0.1, 0.15) is 4.21 Å². The van der Waals surface area contributed by atoms with Gasteiger partial charge in [0.2, 0.25) is 10.0 Å². The molecular formula is C13H14ClNO2S2. The van der Waals surface area contributed by atoms with Gasteiger partial charge in [-0.15, -0.1) is 11.3 Å². The molecule has 0 spiro atoms. The van der Waals surface area contributed by atoms with Crippen molar-refractivity contribution in [2.24, 2.45) is 0 Å². The Kier molecular flexibility index (Phi) is 4.62. The fourth-order valence-electron chi connectivity index (χ4n) is 1.54. The highest BCUT2D eigenvalue weighted by Gasteiger charge is 2.15. The van der Waals surface area contributed by atoms with Gasteiger partial charge in [0.15, 0.2) is 0 Å². The van der Waals surface area contributed by atoms with E-state index in [4.69, 9.17) is 11.6 Å². The third-order valence-electron chi connectivity index (χ3n) is 2.63. The molecule has 3 nitrogen and oxygen atoms in total. The molecule has 0 radical (unpaired) electrons. The molecule has 0 aliphatic rings. The summed E-state index contributed by atoms with van der Waals surface area (Å²) in [7, 11) is -3.42. The second-order valence-corrected chi connectivity index (χ2v) is 7.62.